The summed E-state index contributed by atoms with van der Waals surface area (Å²) in [7, 11) is 0. The zero-order valence-electron chi connectivity index (χ0n) is 10.9. The quantitative estimate of drug-likeness (QED) is 0.786. The van der Waals surface area contributed by atoms with Gasteiger partial charge in [-0.3, -0.25) is 4.79 Å². The molecule has 0 unspecified atom stereocenters. The number of nitrogens with zero attached hydrogens (tertiary/aromatic N) is 1. The third-order valence-corrected chi connectivity index (χ3v) is 4.42. The van der Waals surface area contributed by atoms with Gasteiger partial charge in [0.15, 0.2) is 5.79 Å². The molecule has 2 heterocycles. The molecule has 108 valence electrons. The first-order valence-corrected chi connectivity index (χ1v) is 7.42. The molecule has 1 aromatic rings. The number of ether oxygens (including phenoxy) is 2. The lowest BCUT2D eigenvalue weighted by atomic mass is 10.0. The van der Waals surface area contributed by atoms with E-state index in [1.54, 1.807) is 17.0 Å². The van der Waals surface area contributed by atoms with Crippen LogP contribution in [0.2, 0.25) is 0 Å². The lowest BCUT2D eigenvalue weighted by Crippen LogP contribution is -2.47. The van der Waals surface area contributed by atoms with Gasteiger partial charge in [0.1, 0.15) is 5.82 Å². The minimum atomic E-state index is -0.521. The van der Waals surface area contributed by atoms with Gasteiger partial charge in [-0.2, -0.15) is 0 Å². The number of carbonyl (C=O) groups excluding carboxylic acids is 1. The van der Waals surface area contributed by atoms with E-state index in [1.165, 1.54) is 6.07 Å². The van der Waals surface area contributed by atoms with Crippen molar-refractivity contribution in [2.24, 2.45) is 0 Å². The molecule has 0 N–H and O–H groups in total. The van der Waals surface area contributed by atoms with Crippen LogP contribution in [0.5, 0.6) is 0 Å². The van der Waals surface area contributed by atoms with Crippen molar-refractivity contribution in [1.29, 1.82) is 0 Å². The molecular weight excluding hydrogens is 329 g/mol. The average Bonchev–Trinajstić information content (AvgIpc) is 2.90. The zero-order valence-corrected chi connectivity index (χ0v) is 12.5. The van der Waals surface area contributed by atoms with E-state index in [0.29, 0.717) is 43.6 Å². The Labute approximate surface area is 125 Å². The van der Waals surface area contributed by atoms with Crippen LogP contribution in [0.3, 0.4) is 0 Å². The maximum absolute atomic E-state index is 14.0. The van der Waals surface area contributed by atoms with Crippen LogP contribution in [0.4, 0.5) is 4.39 Å². The molecule has 0 radical (unpaired) electrons. The Morgan fingerprint density at radius 3 is 2.55 bits per heavy atom. The van der Waals surface area contributed by atoms with Gasteiger partial charge in [-0.05, 0) is 28.1 Å². The van der Waals surface area contributed by atoms with Crippen LogP contribution in [-0.2, 0) is 9.47 Å². The highest BCUT2D eigenvalue weighted by Crippen LogP contribution is 2.32. The molecule has 3 rings (SSSR count). The van der Waals surface area contributed by atoms with Gasteiger partial charge in [-0.1, -0.05) is 6.07 Å². The molecule has 0 aliphatic carbocycles. The SMILES string of the molecule is O=C(c1cccc(Br)c1F)N1CCC2(CC1)OCCO2. The van der Waals surface area contributed by atoms with E-state index in [4.69, 9.17) is 9.47 Å². The molecular formula is C14H15BrFNO3. The van der Waals surface area contributed by atoms with Crippen molar-refractivity contribution < 1.29 is 18.7 Å². The van der Waals surface area contributed by atoms with E-state index in [0.717, 1.165) is 0 Å². The van der Waals surface area contributed by atoms with Gasteiger partial charge in [0.2, 0.25) is 0 Å². The van der Waals surface area contributed by atoms with Crippen molar-refractivity contribution in [2.75, 3.05) is 26.3 Å². The first-order valence-electron chi connectivity index (χ1n) is 6.62. The minimum absolute atomic E-state index is 0.101. The highest BCUT2D eigenvalue weighted by atomic mass is 79.9. The van der Waals surface area contributed by atoms with Crippen LogP contribution in [-0.4, -0.2) is 42.9 Å². The Morgan fingerprint density at radius 2 is 1.90 bits per heavy atom. The van der Waals surface area contributed by atoms with Crippen molar-refractivity contribution in [2.45, 2.75) is 18.6 Å². The summed E-state index contributed by atoms with van der Waals surface area (Å²) in [5, 5.41) is 0. The fourth-order valence-electron chi connectivity index (χ4n) is 2.68. The Balaban J connectivity index is 1.71. The summed E-state index contributed by atoms with van der Waals surface area (Å²) in [5.74, 6) is -1.31. The topological polar surface area (TPSA) is 38.8 Å². The molecule has 1 spiro atoms. The first-order chi connectivity index (χ1) is 9.61. The summed E-state index contributed by atoms with van der Waals surface area (Å²) in [6.45, 7) is 2.25. The van der Waals surface area contributed by atoms with Crippen LogP contribution in [0.1, 0.15) is 23.2 Å². The van der Waals surface area contributed by atoms with E-state index in [-0.39, 0.29) is 11.5 Å². The summed E-state index contributed by atoms with van der Waals surface area (Å²) in [6.07, 6.45) is 1.27. The maximum atomic E-state index is 14.0. The number of halogens is 2. The minimum Gasteiger partial charge on any atom is -0.347 e. The molecule has 4 nitrogen and oxygen atoms in total. The number of likely N-dealkylation sites (tertiary alicyclic amines) is 1. The predicted molar refractivity (Wildman–Crippen MR) is 73.9 cm³/mol. The summed E-state index contributed by atoms with van der Waals surface area (Å²) in [6, 6.07) is 4.75. The van der Waals surface area contributed by atoms with Crippen LogP contribution < -0.4 is 0 Å². The highest BCUT2D eigenvalue weighted by Gasteiger charge is 2.41. The number of hydrogen-bond acceptors (Lipinski definition) is 3. The molecule has 1 aromatic carbocycles. The molecule has 0 saturated carbocycles. The van der Waals surface area contributed by atoms with Crippen molar-refractivity contribution in [3.63, 3.8) is 0 Å². The summed E-state index contributed by atoms with van der Waals surface area (Å²) >= 11 is 3.10. The second-order valence-corrected chi connectivity index (χ2v) is 5.86. The van der Waals surface area contributed by atoms with Crippen LogP contribution >= 0.6 is 15.9 Å². The number of hydrogen-bond donors (Lipinski definition) is 0. The first kappa shape index (κ1) is 14.0. The lowest BCUT2D eigenvalue weighted by Gasteiger charge is -2.37. The van der Waals surface area contributed by atoms with E-state index in [1.807, 2.05) is 0 Å². The van der Waals surface area contributed by atoms with Crippen molar-refractivity contribution in [3.8, 4) is 0 Å². The van der Waals surface area contributed by atoms with Crippen molar-refractivity contribution in [1.82, 2.24) is 4.90 Å². The molecule has 20 heavy (non-hydrogen) atoms. The number of rotatable bonds is 1. The normalized spacial score (nSPS) is 21.4. The molecule has 0 aromatic heterocycles. The fraction of sp³-hybridized carbons (Fsp3) is 0.500. The van der Waals surface area contributed by atoms with Crippen LogP contribution in [0.15, 0.2) is 22.7 Å². The summed E-state index contributed by atoms with van der Waals surface area (Å²) in [5.41, 5.74) is 0.101. The monoisotopic (exact) mass is 343 g/mol. The predicted octanol–water partition coefficient (Wildman–Crippen LogP) is 2.57. The Bertz CT molecular complexity index is 521. The van der Waals surface area contributed by atoms with Gasteiger partial charge in [-0.25, -0.2) is 4.39 Å². The number of piperidine rings is 1. The van der Waals surface area contributed by atoms with E-state index in [2.05, 4.69) is 15.9 Å². The van der Waals surface area contributed by atoms with E-state index in [9.17, 15) is 9.18 Å². The van der Waals surface area contributed by atoms with Gasteiger partial charge >= 0.3 is 0 Å². The molecule has 0 atom stereocenters. The van der Waals surface area contributed by atoms with Gasteiger partial charge in [0.05, 0.1) is 23.2 Å². The highest BCUT2D eigenvalue weighted by molar-refractivity contribution is 9.10. The van der Waals surface area contributed by atoms with E-state index >= 15 is 0 Å². The molecule has 2 fully saturated rings. The third-order valence-electron chi connectivity index (χ3n) is 3.81. The van der Waals surface area contributed by atoms with Crippen LogP contribution in [0.25, 0.3) is 0 Å². The Hall–Kier alpha value is -0.980. The average molecular weight is 344 g/mol. The standard InChI is InChI=1S/C14H15BrFNO3/c15-11-3-1-2-10(12(11)16)13(18)17-6-4-14(5-7-17)19-8-9-20-14/h1-3H,4-9H2. The second kappa shape index (κ2) is 5.42. The smallest absolute Gasteiger partial charge is 0.256 e. The summed E-state index contributed by atoms with van der Waals surface area (Å²) in [4.78, 5) is 14.0. The fourth-order valence-corrected chi connectivity index (χ4v) is 3.04. The summed E-state index contributed by atoms with van der Waals surface area (Å²) < 4.78 is 25.5. The molecule has 2 aliphatic heterocycles. The Morgan fingerprint density at radius 1 is 1.25 bits per heavy atom. The molecule has 6 heteroatoms. The largest absolute Gasteiger partial charge is 0.347 e. The van der Waals surface area contributed by atoms with Crippen molar-refractivity contribution >= 4 is 21.8 Å². The molecule has 1 amide bonds. The molecule has 2 saturated heterocycles. The third kappa shape index (κ3) is 2.47. The van der Waals surface area contributed by atoms with Gasteiger partial charge in [-0.15, -0.1) is 0 Å². The number of carbonyl (C=O) groups is 1. The second-order valence-electron chi connectivity index (χ2n) is 5.00. The number of benzene rings is 1. The van der Waals surface area contributed by atoms with E-state index < -0.39 is 11.6 Å². The lowest BCUT2D eigenvalue weighted by molar-refractivity contribution is -0.181. The molecule has 0 bridgehead atoms. The van der Waals surface area contributed by atoms with Gasteiger partial charge in [0.25, 0.3) is 5.91 Å². The van der Waals surface area contributed by atoms with Gasteiger partial charge < -0.3 is 14.4 Å². The van der Waals surface area contributed by atoms with Gasteiger partial charge in [0, 0.05) is 25.9 Å². The van der Waals surface area contributed by atoms with Crippen molar-refractivity contribution in [3.05, 3.63) is 34.1 Å². The zero-order chi connectivity index (χ0) is 14.2. The molecule has 2 aliphatic rings. The maximum Gasteiger partial charge on any atom is 0.256 e. The Kier molecular flexibility index (Phi) is 3.79. The number of amides is 1. The van der Waals surface area contributed by atoms with Crippen LogP contribution in [0, 0.1) is 5.82 Å².